The van der Waals surface area contributed by atoms with Crippen LogP contribution in [-0.4, -0.2) is 29.7 Å². The Balaban J connectivity index is 1.73. The number of amides is 1. The first-order chi connectivity index (χ1) is 10.2. The second-order valence-corrected chi connectivity index (χ2v) is 5.86. The fourth-order valence-corrected chi connectivity index (χ4v) is 2.91. The number of methoxy groups -OCH3 is 1. The van der Waals surface area contributed by atoms with E-state index in [0.717, 1.165) is 5.76 Å². The normalized spacial score (nSPS) is 10.3. The first-order valence-electron chi connectivity index (χ1n) is 6.08. The maximum atomic E-state index is 11.7. The van der Waals surface area contributed by atoms with Crippen LogP contribution in [0.3, 0.4) is 0 Å². The summed E-state index contributed by atoms with van der Waals surface area (Å²) in [4.78, 5) is 27.0. The highest BCUT2D eigenvalue weighted by Gasteiger charge is 2.10. The van der Waals surface area contributed by atoms with E-state index in [1.54, 1.807) is 11.6 Å². The summed E-state index contributed by atoms with van der Waals surface area (Å²) < 4.78 is 9.74. The van der Waals surface area contributed by atoms with Crippen molar-refractivity contribution in [3.8, 4) is 0 Å². The summed E-state index contributed by atoms with van der Waals surface area (Å²) >= 11 is 2.74. The number of aromatic nitrogens is 1. The van der Waals surface area contributed by atoms with Crippen molar-refractivity contribution in [2.24, 2.45) is 0 Å². The molecule has 21 heavy (non-hydrogen) atoms. The average molecular weight is 326 g/mol. The van der Waals surface area contributed by atoms with E-state index in [1.807, 2.05) is 12.1 Å². The molecule has 2 aromatic rings. The summed E-state index contributed by atoms with van der Waals surface area (Å²) in [7, 11) is 1.33. The lowest BCUT2D eigenvalue weighted by Gasteiger charge is -2.00. The van der Waals surface area contributed by atoms with Crippen LogP contribution in [0.25, 0.3) is 0 Å². The Morgan fingerprint density at radius 1 is 1.52 bits per heavy atom. The minimum absolute atomic E-state index is 0.107. The standard InChI is InChI=1S/C13H14N2O4S2/c1-18-12(17)5-9-6-21-13(14-9)15-11(16)8-20-7-10-3-2-4-19-10/h2-4,6H,5,7-8H2,1H3,(H,14,15,16). The summed E-state index contributed by atoms with van der Waals surface area (Å²) in [5.74, 6) is 1.30. The molecule has 0 saturated carbocycles. The van der Waals surface area contributed by atoms with Crippen molar-refractivity contribution in [2.45, 2.75) is 12.2 Å². The summed E-state index contributed by atoms with van der Waals surface area (Å²) in [6, 6.07) is 3.68. The second kappa shape index (κ2) is 7.84. The molecule has 0 aliphatic rings. The SMILES string of the molecule is COC(=O)Cc1csc(NC(=O)CSCc2ccco2)n1. The maximum Gasteiger partial charge on any atom is 0.311 e. The van der Waals surface area contributed by atoms with E-state index < -0.39 is 0 Å². The number of carbonyl (C=O) groups is 2. The molecule has 0 aromatic carbocycles. The second-order valence-electron chi connectivity index (χ2n) is 4.02. The van der Waals surface area contributed by atoms with Crippen LogP contribution in [0.5, 0.6) is 0 Å². The Labute approximate surface area is 129 Å². The highest BCUT2D eigenvalue weighted by Crippen LogP contribution is 2.17. The number of nitrogens with zero attached hydrogens (tertiary/aromatic N) is 1. The summed E-state index contributed by atoms with van der Waals surface area (Å²) in [5, 5.41) is 4.91. The molecule has 0 fully saturated rings. The zero-order valence-electron chi connectivity index (χ0n) is 11.3. The Kier molecular flexibility index (Phi) is 5.82. The molecule has 0 atom stereocenters. The molecule has 0 unspecified atom stereocenters. The number of thioether (sulfide) groups is 1. The lowest BCUT2D eigenvalue weighted by Crippen LogP contribution is -2.14. The highest BCUT2D eigenvalue weighted by molar-refractivity contribution is 7.99. The number of furan rings is 1. The van der Waals surface area contributed by atoms with Gasteiger partial charge in [-0.1, -0.05) is 0 Å². The van der Waals surface area contributed by atoms with Gasteiger partial charge in [-0.05, 0) is 12.1 Å². The zero-order valence-corrected chi connectivity index (χ0v) is 13.0. The molecule has 0 saturated heterocycles. The molecule has 6 nitrogen and oxygen atoms in total. The van der Waals surface area contributed by atoms with Gasteiger partial charge in [0.15, 0.2) is 5.13 Å². The Bertz CT molecular complexity index is 595. The van der Waals surface area contributed by atoms with Crippen LogP contribution in [0.2, 0.25) is 0 Å². The van der Waals surface area contributed by atoms with Gasteiger partial charge in [-0.25, -0.2) is 4.98 Å². The highest BCUT2D eigenvalue weighted by atomic mass is 32.2. The number of esters is 1. The molecule has 2 rings (SSSR count). The minimum Gasteiger partial charge on any atom is -0.469 e. The maximum absolute atomic E-state index is 11.7. The molecule has 0 radical (unpaired) electrons. The van der Waals surface area contributed by atoms with Crippen LogP contribution in [0.15, 0.2) is 28.2 Å². The van der Waals surface area contributed by atoms with Gasteiger partial charge in [-0.15, -0.1) is 23.1 Å². The average Bonchev–Trinajstić information content (AvgIpc) is 3.11. The van der Waals surface area contributed by atoms with Gasteiger partial charge in [0.25, 0.3) is 0 Å². The van der Waals surface area contributed by atoms with Crippen molar-refractivity contribution in [3.63, 3.8) is 0 Å². The monoisotopic (exact) mass is 326 g/mol. The van der Waals surface area contributed by atoms with Gasteiger partial charge in [0.05, 0.1) is 37.0 Å². The number of hydrogen-bond acceptors (Lipinski definition) is 7. The number of rotatable bonds is 7. The molecular formula is C13H14N2O4S2. The number of anilines is 1. The molecule has 0 aliphatic heterocycles. The summed E-state index contributed by atoms with van der Waals surface area (Å²) in [6.07, 6.45) is 1.71. The number of ether oxygens (including phenoxy) is 1. The fourth-order valence-electron chi connectivity index (χ4n) is 1.46. The Morgan fingerprint density at radius 3 is 3.10 bits per heavy atom. The van der Waals surface area contributed by atoms with Crippen molar-refractivity contribution in [2.75, 3.05) is 18.2 Å². The number of hydrogen-bond donors (Lipinski definition) is 1. The van der Waals surface area contributed by atoms with Gasteiger partial charge in [0, 0.05) is 5.38 Å². The lowest BCUT2D eigenvalue weighted by atomic mass is 10.3. The quantitative estimate of drug-likeness (QED) is 0.787. The van der Waals surface area contributed by atoms with Crippen molar-refractivity contribution < 1.29 is 18.7 Å². The zero-order chi connectivity index (χ0) is 15.1. The van der Waals surface area contributed by atoms with E-state index >= 15 is 0 Å². The lowest BCUT2D eigenvalue weighted by molar-refractivity contribution is -0.139. The van der Waals surface area contributed by atoms with Gasteiger partial charge in [-0.2, -0.15) is 0 Å². The van der Waals surface area contributed by atoms with Crippen LogP contribution in [0.1, 0.15) is 11.5 Å². The molecule has 2 aromatic heterocycles. The molecule has 112 valence electrons. The van der Waals surface area contributed by atoms with Crippen LogP contribution in [0, 0.1) is 0 Å². The molecule has 1 N–H and O–H groups in total. The van der Waals surface area contributed by atoms with Gasteiger partial charge >= 0.3 is 5.97 Å². The Morgan fingerprint density at radius 2 is 2.38 bits per heavy atom. The van der Waals surface area contributed by atoms with E-state index in [9.17, 15) is 9.59 Å². The topological polar surface area (TPSA) is 81.4 Å². The third-order valence-electron chi connectivity index (χ3n) is 2.41. The van der Waals surface area contributed by atoms with Crippen molar-refractivity contribution in [1.82, 2.24) is 4.98 Å². The van der Waals surface area contributed by atoms with E-state index in [2.05, 4.69) is 15.0 Å². The third-order valence-corrected chi connectivity index (χ3v) is 4.17. The van der Waals surface area contributed by atoms with Crippen LogP contribution in [0.4, 0.5) is 5.13 Å². The van der Waals surface area contributed by atoms with Gasteiger partial charge in [0.1, 0.15) is 5.76 Å². The third kappa shape index (κ3) is 5.24. The molecular weight excluding hydrogens is 312 g/mol. The summed E-state index contributed by atoms with van der Waals surface area (Å²) in [6.45, 7) is 0. The van der Waals surface area contributed by atoms with Crippen LogP contribution < -0.4 is 5.32 Å². The van der Waals surface area contributed by atoms with Crippen molar-refractivity contribution in [3.05, 3.63) is 35.2 Å². The number of nitrogens with one attached hydrogen (secondary N) is 1. The van der Waals surface area contributed by atoms with E-state index in [1.165, 1.54) is 30.2 Å². The largest absolute Gasteiger partial charge is 0.469 e. The molecule has 2 heterocycles. The first-order valence-corrected chi connectivity index (χ1v) is 8.12. The van der Waals surface area contributed by atoms with Gasteiger partial charge < -0.3 is 14.5 Å². The molecule has 0 bridgehead atoms. The smallest absolute Gasteiger partial charge is 0.311 e. The summed E-state index contributed by atoms with van der Waals surface area (Å²) in [5.41, 5.74) is 0.588. The van der Waals surface area contributed by atoms with Gasteiger partial charge in [-0.3, -0.25) is 9.59 Å². The number of carbonyl (C=O) groups excluding carboxylic acids is 2. The number of thiazole rings is 1. The molecule has 0 aliphatic carbocycles. The predicted octanol–water partition coefficient (Wildman–Crippen LogP) is 2.32. The molecule has 8 heteroatoms. The fraction of sp³-hybridized carbons (Fsp3) is 0.308. The minimum atomic E-state index is -0.354. The van der Waals surface area contributed by atoms with Crippen LogP contribution >= 0.6 is 23.1 Å². The Hall–Kier alpha value is -1.80. The molecule has 0 spiro atoms. The van der Waals surface area contributed by atoms with Crippen molar-refractivity contribution >= 4 is 40.1 Å². The van der Waals surface area contributed by atoms with E-state index in [0.29, 0.717) is 22.3 Å². The van der Waals surface area contributed by atoms with Gasteiger partial charge in [0.2, 0.25) is 5.91 Å². The molecule has 1 amide bonds. The van der Waals surface area contributed by atoms with E-state index in [4.69, 9.17) is 4.42 Å². The van der Waals surface area contributed by atoms with Crippen molar-refractivity contribution in [1.29, 1.82) is 0 Å². The van der Waals surface area contributed by atoms with E-state index in [-0.39, 0.29) is 18.3 Å². The van der Waals surface area contributed by atoms with Crippen LogP contribution in [-0.2, 0) is 26.5 Å². The predicted molar refractivity (Wildman–Crippen MR) is 81.3 cm³/mol. The first kappa shape index (κ1) is 15.6.